The number of fused-ring (bicyclic) bond motifs is 1. The van der Waals surface area contributed by atoms with Gasteiger partial charge in [0.2, 0.25) is 11.8 Å². The fourth-order valence-electron chi connectivity index (χ4n) is 5.47. The molecule has 0 bridgehead atoms. The molecule has 2 saturated heterocycles. The molecule has 214 valence electrons. The van der Waals surface area contributed by atoms with Gasteiger partial charge >= 0.3 is 12.3 Å². The SMILES string of the molecule is Cc1cc(COC(=O)N2CCC(=O)N3[C@@H]2CN(Cc2ccccc2)C(=O)[C@@H]3CCNC2CC2)cc(C(F)(F)F)c1. The summed E-state index contributed by atoms with van der Waals surface area (Å²) < 4.78 is 45.3. The maximum Gasteiger partial charge on any atom is 0.416 e. The summed E-state index contributed by atoms with van der Waals surface area (Å²) in [6, 6.07) is 12.7. The van der Waals surface area contributed by atoms with Crippen molar-refractivity contribution in [3.8, 4) is 0 Å². The van der Waals surface area contributed by atoms with Gasteiger partial charge in [-0.2, -0.15) is 13.2 Å². The van der Waals surface area contributed by atoms with E-state index in [0.717, 1.165) is 30.5 Å². The highest BCUT2D eigenvalue weighted by molar-refractivity contribution is 5.90. The number of hydrogen-bond acceptors (Lipinski definition) is 5. The molecular formula is C29H33F3N4O4. The van der Waals surface area contributed by atoms with Crippen LogP contribution >= 0.6 is 0 Å². The van der Waals surface area contributed by atoms with Crippen LogP contribution in [-0.4, -0.2) is 70.5 Å². The number of nitrogens with zero attached hydrogens (tertiary/aromatic N) is 3. The predicted molar refractivity (Wildman–Crippen MR) is 140 cm³/mol. The van der Waals surface area contributed by atoms with Crippen LogP contribution < -0.4 is 5.32 Å². The molecule has 40 heavy (non-hydrogen) atoms. The molecule has 2 atom stereocenters. The largest absolute Gasteiger partial charge is 0.444 e. The van der Waals surface area contributed by atoms with E-state index in [2.05, 4.69) is 5.32 Å². The zero-order valence-corrected chi connectivity index (χ0v) is 22.3. The predicted octanol–water partition coefficient (Wildman–Crippen LogP) is 4.06. The van der Waals surface area contributed by atoms with Crippen molar-refractivity contribution in [2.24, 2.45) is 0 Å². The van der Waals surface area contributed by atoms with Gasteiger partial charge in [0, 0.05) is 25.6 Å². The molecule has 2 aromatic rings. The average molecular weight is 559 g/mol. The standard InChI is InChI=1S/C29H33F3N4O4/c1-19-13-21(15-22(14-19)29(30,31)32)18-40-28(39)35-12-10-26(37)36-24(9-11-33-23-7-8-23)27(38)34(17-25(35)36)16-20-5-3-2-4-6-20/h2-6,13-15,23-25,33H,7-12,16-18H2,1H3/t24-,25+/m0/s1. The number of alkyl halides is 3. The second-order valence-electron chi connectivity index (χ2n) is 10.7. The molecule has 3 amide bonds. The summed E-state index contributed by atoms with van der Waals surface area (Å²) in [4.78, 5) is 44.7. The van der Waals surface area contributed by atoms with Gasteiger partial charge in [0.1, 0.15) is 18.8 Å². The van der Waals surface area contributed by atoms with Crippen LogP contribution in [0.5, 0.6) is 0 Å². The average Bonchev–Trinajstić information content (AvgIpc) is 3.74. The lowest BCUT2D eigenvalue weighted by Gasteiger charge is -2.51. The van der Waals surface area contributed by atoms with E-state index in [4.69, 9.17) is 4.74 Å². The normalized spacial score (nSPS) is 21.4. The monoisotopic (exact) mass is 558 g/mol. The minimum absolute atomic E-state index is 0.0345. The number of amides is 3. The van der Waals surface area contributed by atoms with E-state index in [-0.39, 0.29) is 43.5 Å². The molecule has 1 aliphatic carbocycles. The van der Waals surface area contributed by atoms with E-state index < -0.39 is 30.0 Å². The summed E-state index contributed by atoms with van der Waals surface area (Å²) in [6.45, 7) is 2.31. The third-order valence-corrected chi connectivity index (χ3v) is 7.56. The van der Waals surface area contributed by atoms with Crippen molar-refractivity contribution in [1.29, 1.82) is 0 Å². The van der Waals surface area contributed by atoms with Crippen molar-refractivity contribution in [2.45, 2.75) is 70.2 Å². The molecule has 0 radical (unpaired) electrons. The van der Waals surface area contributed by atoms with Crippen LogP contribution in [0.15, 0.2) is 48.5 Å². The molecule has 3 aliphatic rings. The molecule has 0 aromatic heterocycles. The molecule has 0 unspecified atom stereocenters. The third-order valence-electron chi connectivity index (χ3n) is 7.56. The van der Waals surface area contributed by atoms with Gasteiger partial charge < -0.3 is 19.9 Å². The Kier molecular flexibility index (Phi) is 8.02. The Morgan fingerprint density at radius 3 is 2.52 bits per heavy atom. The van der Waals surface area contributed by atoms with Gasteiger partial charge in [0.05, 0.1) is 12.1 Å². The van der Waals surface area contributed by atoms with Gasteiger partial charge in [0.15, 0.2) is 0 Å². The van der Waals surface area contributed by atoms with Crippen molar-refractivity contribution < 1.29 is 32.3 Å². The summed E-state index contributed by atoms with van der Waals surface area (Å²) in [5.74, 6) is -0.368. The first-order valence-electron chi connectivity index (χ1n) is 13.6. The van der Waals surface area contributed by atoms with Crippen LogP contribution in [0.2, 0.25) is 0 Å². The number of aryl methyl sites for hydroxylation is 1. The topological polar surface area (TPSA) is 82.2 Å². The zero-order valence-electron chi connectivity index (χ0n) is 22.3. The van der Waals surface area contributed by atoms with E-state index >= 15 is 0 Å². The third kappa shape index (κ3) is 6.41. The first-order chi connectivity index (χ1) is 19.1. The molecule has 2 heterocycles. The van der Waals surface area contributed by atoms with Crippen LogP contribution in [-0.2, 0) is 33.7 Å². The van der Waals surface area contributed by atoms with Crippen LogP contribution in [0.25, 0.3) is 0 Å². The number of hydrogen-bond donors (Lipinski definition) is 1. The van der Waals surface area contributed by atoms with Crippen molar-refractivity contribution in [3.63, 3.8) is 0 Å². The van der Waals surface area contributed by atoms with Gasteiger partial charge in [-0.1, -0.05) is 42.0 Å². The summed E-state index contributed by atoms with van der Waals surface area (Å²) in [5, 5.41) is 3.40. The highest BCUT2D eigenvalue weighted by Crippen LogP contribution is 2.32. The fraction of sp³-hybridized carbons (Fsp3) is 0.483. The van der Waals surface area contributed by atoms with E-state index in [9.17, 15) is 27.6 Å². The van der Waals surface area contributed by atoms with Gasteiger partial charge in [-0.3, -0.25) is 14.5 Å². The van der Waals surface area contributed by atoms with Crippen molar-refractivity contribution in [2.75, 3.05) is 19.6 Å². The van der Waals surface area contributed by atoms with Crippen molar-refractivity contribution >= 4 is 17.9 Å². The van der Waals surface area contributed by atoms with E-state index in [1.165, 1.54) is 9.80 Å². The van der Waals surface area contributed by atoms with Crippen LogP contribution in [0.4, 0.5) is 18.0 Å². The molecule has 1 N–H and O–H groups in total. The van der Waals surface area contributed by atoms with Gasteiger partial charge in [-0.05, 0) is 56.0 Å². The Balaban J connectivity index is 1.34. The van der Waals surface area contributed by atoms with E-state index in [1.54, 1.807) is 17.9 Å². The number of rotatable bonds is 8. The van der Waals surface area contributed by atoms with E-state index in [1.807, 2.05) is 30.3 Å². The van der Waals surface area contributed by atoms with Gasteiger partial charge in [0.25, 0.3) is 0 Å². The first kappa shape index (κ1) is 27.9. The lowest BCUT2D eigenvalue weighted by molar-refractivity contribution is -0.168. The summed E-state index contributed by atoms with van der Waals surface area (Å²) in [7, 11) is 0. The Morgan fingerprint density at radius 1 is 1.07 bits per heavy atom. The summed E-state index contributed by atoms with van der Waals surface area (Å²) >= 11 is 0. The van der Waals surface area contributed by atoms with Crippen LogP contribution in [0.1, 0.15) is 47.9 Å². The molecule has 5 rings (SSSR count). The molecular weight excluding hydrogens is 525 g/mol. The lowest BCUT2D eigenvalue weighted by Crippen LogP contribution is -2.71. The molecule has 2 aliphatic heterocycles. The number of nitrogens with one attached hydrogen (secondary N) is 1. The Morgan fingerprint density at radius 2 is 1.82 bits per heavy atom. The summed E-state index contributed by atoms with van der Waals surface area (Å²) in [5.41, 5.74) is 0.744. The second kappa shape index (κ2) is 11.5. The highest BCUT2D eigenvalue weighted by atomic mass is 19.4. The minimum atomic E-state index is -4.52. The maximum atomic E-state index is 13.6. The number of piperazine rings is 1. The molecule has 2 aromatic carbocycles. The molecule has 0 spiro atoms. The van der Waals surface area contributed by atoms with Crippen LogP contribution in [0, 0.1) is 6.92 Å². The van der Waals surface area contributed by atoms with Gasteiger partial charge in [-0.25, -0.2) is 4.79 Å². The number of benzene rings is 2. The van der Waals surface area contributed by atoms with Crippen molar-refractivity contribution in [1.82, 2.24) is 20.0 Å². The lowest BCUT2D eigenvalue weighted by atomic mass is 10.0. The maximum absolute atomic E-state index is 13.6. The zero-order chi connectivity index (χ0) is 28.4. The van der Waals surface area contributed by atoms with Crippen molar-refractivity contribution in [3.05, 3.63) is 70.8 Å². The molecule has 1 saturated carbocycles. The number of ether oxygens (including phenoxy) is 1. The quantitative estimate of drug-likeness (QED) is 0.529. The summed E-state index contributed by atoms with van der Waals surface area (Å²) in [6.07, 6.45) is -3.35. The second-order valence-corrected chi connectivity index (χ2v) is 10.7. The smallest absolute Gasteiger partial charge is 0.416 e. The number of carbonyl (C=O) groups is 3. The minimum Gasteiger partial charge on any atom is -0.444 e. The first-order valence-corrected chi connectivity index (χ1v) is 13.6. The molecule has 8 nitrogen and oxygen atoms in total. The highest BCUT2D eigenvalue weighted by Gasteiger charge is 2.49. The fourth-order valence-corrected chi connectivity index (χ4v) is 5.47. The molecule has 3 fully saturated rings. The number of carbonyl (C=O) groups excluding carboxylic acids is 3. The van der Waals surface area contributed by atoms with E-state index in [0.29, 0.717) is 31.1 Å². The Labute approximate surface area is 231 Å². The Bertz CT molecular complexity index is 1250. The van der Waals surface area contributed by atoms with Gasteiger partial charge in [-0.15, -0.1) is 0 Å². The number of halogens is 3. The Hall–Kier alpha value is -3.60. The van der Waals surface area contributed by atoms with Crippen LogP contribution in [0.3, 0.4) is 0 Å². The molecule has 11 heteroatoms.